The van der Waals surface area contributed by atoms with Gasteiger partial charge in [0.15, 0.2) is 6.29 Å². The average molecular weight is 188 g/mol. The number of nitrogens with two attached hydrogens (primary N) is 1. The number of aliphatic imine (C=N–C) groups is 1. The van der Waals surface area contributed by atoms with Crippen LogP contribution in [0, 0.1) is 0 Å². The molecular weight excluding hydrogens is 176 g/mol. The van der Waals surface area contributed by atoms with Gasteiger partial charge < -0.3 is 5.73 Å². The van der Waals surface area contributed by atoms with Crippen LogP contribution in [-0.4, -0.2) is 19.5 Å². The van der Waals surface area contributed by atoms with Crippen molar-refractivity contribution in [2.75, 3.05) is 7.05 Å². The molecule has 0 radical (unpaired) electrons. The second-order valence-corrected chi connectivity index (χ2v) is 2.71. The average Bonchev–Trinajstić information content (AvgIpc) is 2.26. The molecule has 0 amide bonds. The number of carbonyl (C=O) groups excluding carboxylic acids is 1. The molecule has 1 aromatic carbocycles. The van der Waals surface area contributed by atoms with Gasteiger partial charge in [-0.1, -0.05) is 24.3 Å². The zero-order valence-electron chi connectivity index (χ0n) is 7.97. The SMILES string of the molecule is CN=CC(=CN)c1ccccc1C=O. The zero-order valence-corrected chi connectivity index (χ0v) is 7.97. The lowest BCUT2D eigenvalue weighted by Gasteiger charge is -2.03. The summed E-state index contributed by atoms with van der Waals surface area (Å²) in [5, 5.41) is 0. The van der Waals surface area contributed by atoms with Gasteiger partial charge in [0, 0.05) is 30.6 Å². The van der Waals surface area contributed by atoms with Crippen LogP contribution in [-0.2, 0) is 0 Å². The van der Waals surface area contributed by atoms with E-state index in [9.17, 15) is 4.79 Å². The van der Waals surface area contributed by atoms with E-state index in [1.165, 1.54) is 6.20 Å². The Morgan fingerprint density at radius 1 is 1.43 bits per heavy atom. The van der Waals surface area contributed by atoms with E-state index < -0.39 is 0 Å². The van der Waals surface area contributed by atoms with E-state index >= 15 is 0 Å². The predicted molar refractivity (Wildman–Crippen MR) is 58.4 cm³/mol. The van der Waals surface area contributed by atoms with Crippen LogP contribution < -0.4 is 5.73 Å². The van der Waals surface area contributed by atoms with Crippen LogP contribution in [0.2, 0.25) is 0 Å². The van der Waals surface area contributed by atoms with Crippen molar-refractivity contribution in [1.29, 1.82) is 0 Å². The lowest BCUT2D eigenvalue weighted by Crippen LogP contribution is -1.95. The first-order chi connectivity index (χ1) is 6.83. The fourth-order valence-corrected chi connectivity index (χ4v) is 1.20. The lowest BCUT2D eigenvalue weighted by atomic mass is 10.0. The Kier molecular flexibility index (Phi) is 3.61. The minimum absolute atomic E-state index is 0.615. The first kappa shape index (κ1) is 10.2. The van der Waals surface area contributed by atoms with E-state index in [-0.39, 0.29) is 0 Å². The summed E-state index contributed by atoms with van der Waals surface area (Å²) in [6.45, 7) is 0. The fraction of sp³-hybridized carbons (Fsp3) is 0.0909. The molecule has 0 heterocycles. The minimum Gasteiger partial charge on any atom is -0.404 e. The molecule has 0 aliphatic heterocycles. The summed E-state index contributed by atoms with van der Waals surface area (Å²) in [6, 6.07) is 7.25. The predicted octanol–water partition coefficient (Wildman–Crippen LogP) is 1.50. The quantitative estimate of drug-likeness (QED) is 0.577. The van der Waals surface area contributed by atoms with Gasteiger partial charge in [0.2, 0.25) is 0 Å². The van der Waals surface area contributed by atoms with Crippen molar-refractivity contribution in [3.8, 4) is 0 Å². The van der Waals surface area contributed by atoms with E-state index in [0.717, 1.165) is 17.4 Å². The van der Waals surface area contributed by atoms with Crippen LogP contribution in [0.5, 0.6) is 0 Å². The lowest BCUT2D eigenvalue weighted by molar-refractivity contribution is 0.112. The number of aldehydes is 1. The van der Waals surface area contributed by atoms with Gasteiger partial charge in [0.05, 0.1) is 0 Å². The number of hydrogen-bond donors (Lipinski definition) is 1. The Labute approximate surface area is 83.0 Å². The summed E-state index contributed by atoms with van der Waals surface area (Å²) < 4.78 is 0. The van der Waals surface area contributed by atoms with Gasteiger partial charge in [0.25, 0.3) is 0 Å². The number of allylic oxidation sites excluding steroid dienone is 1. The van der Waals surface area contributed by atoms with Crippen molar-refractivity contribution in [1.82, 2.24) is 0 Å². The Bertz CT molecular complexity index is 381. The van der Waals surface area contributed by atoms with E-state index in [4.69, 9.17) is 5.73 Å². The number of benzene rings is 1. The Morgan fingerprint density at radius 3 is 2.71 bits per heavy atom. The van der Waals surface area contributed by atoms with Gasteiger partial charge >= 0.3 is 0 Å². The van der Waals surface area contributed by atoms with Gasteiger partial charge in [0.1, 0.15) is 0 Å². The number of nitrogens with zero attached hydrogens (tertiary/aromatic N) is 1. The molecule has 0 bridgehead atoms. The van der Waals surface area contributed by atoms with Crippen LogP contribution >= 0.6 is 0 Å². The molecular formula is C11H12N2O. The van der Waals surface area contributed by atoms with E-state index in [0.29, 0.717) is 5.56 Å². The largest absolute Gasteiger partial charge is 0.404 e. The van der Waals surface area contributed by atoms with Crippen molar-refractivity contribution in [3.05, 3.63) is 41.6 Å². The minimum atomic E-state index is 0.615. The van der Waals surface area contributed by atoms with Gasteiger partial charge in [-0.2, -0.15) is 0 Å². The van der Waals surface area contributed by atoms with E-state index in [2.05, 4.69) is 4.99 Å². The molecule has 0 saturated carbocycles. The molecule has 1 aromatic rings. The number of carbonyl (C=O) groups is 1. The standard InChI is InChI=1S/C11H12N2O/c1-13-7-10(6-12)11-5-3-2-4-9(11)8-14/h2-8H,12H2,1H3. The third-order valence-corrected chi connectivity index (χ3v) is 1.85. The van der Waals surface area contributed by atoms with Crippen LogP contribution in [0.25, 0.3) is 5.57 Å². The molecule has 2 N–H and O–H groups in total. The van der Waals surface area contributed by atoms with Crippen LogP contribution in [0.15, 0.2) is 35.5 Å². The van der Waals surface area contributed by atoms with Gasteiger partial charge in [-0.05, 0) is 5.56 Å². The normalized spacial score (nSPS) is 11.9. The van der Waals surface area contributed by atoms with Crippen molar-refractivity contribution >= 4 is 18.1 Å². The number of rotatable bonds is 3. The van der Waals surface area contributed by atoms with Gasteiger partial charge in [-0.25, -0.2) is 0 Å². The molecule has 3 heteroatoms. The molecule has 1 rings (SSSR count). The maximum Gasteiger partial charge on any atom is 0.150 e. The van der Waals surface area contributed by atoms with Crippen molar-refractivity contribution in [3.63, 3.8) is 0 Å². The Balaban J connectivity index is 3.22. The summed E-state index contributed by atoms with van der Waals surface area (Å²) in [4.78, 5) is 14.6. The second-order valence-electron chi connectivity index (χ2n) is 2.71. The van der Waals surface area contributed by atoms with E-state index in [1.54, 1.807) is 19.3 Å². The highest BCUT2D eigenvalue weighted by molar-refractivity contribution is 6.11. The van der Waals surface area contributed by atoms with Gasteiger partial charge in [-0.3, -0.25) is 9.79 Å². The van der Waals surface area contributed by atoms with Crippen molar-refractivity contribution in [2.45, 2.75) is 0 Å². The Hall–Kier alpha value is -1.90. The third-order valence-electron chi connectivity index (χ3n) is 1.85. The van der Waals surface area contributed by atoms with Crippen LogP contribution in [0.3, 0.4) is 0 Å². The first-order valence-electron chi connectivity index (χ1n) is 4.22. The van der Waals surface area contributed by atoms with Crippen molar-refractivity contribution < 1.29 is 4.79 Å². The molecule has 0 unspecified atom stereocenters. The summed E-state index contributed by atoms with van der Waals surface area (Å²) >= 11 is 0. The summed E-state index contributed by atoms with van der Waals surface area (Å²) in [7, 11) is 1.66. The topological polar surface area (TPSA) is 55.4 Å². The van der Waals surface area contributed by atoms with Crippen LogP contribution in [0.1, 0.15) is 15.9 Å². The molecule has 3 nitrogen and oxygen atoms in total. The zero-order chi connectivity index (χ0) is 10.4. The second kappa shape index (κ2) is 4.97. The molecule has 0 aromatic heterocycles. The third kappa shape index (κ3) is 2.07. The molecule has 0 atom stereocenters. The monoisotopic (exact) mass is 188 g/mol. The summed E-state index contributed by atoms with van der Waals surface area (Å²) in [6.07, 6.45) is 3.88. The Morgan fingerprint density at radius 2 is 2.14 bits per heavy atom. The maximum atomic E-state index is 10.7. The molecule has 14 heavy (non-hydrogen) atoms. The highest BCUT2D eigenvalue weighted by Gasteiger charge is 2.03. The molecule has 72 valence electrons. The number of hydrogen-bond acceptors (Lipinski definition) is 3. The fourth-order valence-electron chi connectivity index (χ4n) is 1.20. The summed E-state index contributed by atoms with van der Waals surface area (Å²) in [5.74, 6) is 0. The first-order valence-corrected chi connectivity index (χ1v) is 4.22. The maximum absolute atomic E-state index is 10.7. The smallest absolute Gasteiger partial charge is 0.150 e. The molecule has 0 fully saturated rings. The highest BCUT2D eigenvalue weighted by atomic mass is 16.1. The van der Waals surface area contributed by atoms with Crippen molar-refractivity contribution in [2.24, 2.45) is 10.7 Å². The van der Waals surface area contributed by atoms with Gasteiger partial charge in [-0.15, -0.1) is 0 Å². The van der Waals surface area contributed by atoms with E-state index in [1.807, 2.05) is 18.2 Å². The summed E-state index contributed by atoms with van der Waals surface area (Å²) in [5.41, 5.74) is 7.61. The molecule has 0 aliphatic rings. The molecule has 0 saturated heterocycles. The highest BCUT2D eigenvalue weighted by Crippen LogP contribution is 2.15. The van der Waals surface area contributed by atoms with Crippen LogP contribution in [0.4, 0.5) is 0 Å². The molecule has 0 aliphatic carbocycles. The molecule has 0 spiro atoms.